The third kappa shape index (κ3) is 6.87. The van der Waals surface area contributed by atoms with Crippen molar-refractivity contribution in [2.24, 2.45) is 0 Å². The highest BCUT2D eigenvalue weighted by Crippen LogP contribution is 2.19. The quantitative estimate of drug-likeness (QED) is 0.425. The van der Waals surface area contributed by atoms with Gasteiger partial charge in [0.15, 0.2) is 0 Å². The summed E-state index contributed by atoms with van der Waals surface area (Å²) in [5.41, 5.74) is 0. The van der Waals surface area contributed by atoms with Gasteiger partial charge in [0, 0.05) is 16.6 Å². The molecule has 0 aromatic carbocycles. The van der Waals surface area contributed by atoms with E-state index in [0.29, 0.717) is 0 Å². The molecule has 0 atom stereocenters. The fourth-order valence-corrected chi connectivity index (χ4v) is 6.88. The summed E-state index contributed by atoms with van der Waals surface area (Å²) in [4.78, 5) is 0. The van der Waals surface area contributed by atoms with Gasteiger partial charge in [-0.2, -0.15) is 0 Å². The van der Waals surface area contributed by atoms with E-state index in [-0.39, 0.29) is 12.2 Å². The van der Waals surface area contributed by atoms with E-state index in [9.17, 15) is 0 Å². The van der Waals surface area contributed by atoms with Crippen LogP contribution in [0.5, 0.6) is 0 Å². The first kappa shape index (κ1) is 13.9. The van der Waals surface area contributed by atoms with Crippen LogP contribution >= 0.6 is 22.6 Å². The molecular weight excluding hydrogens is 295 g/mol. The van der Waals surface area contributed by atoms with Crippen LogP contribution in [0.4, 0.5) is 0 Å². The number of hydrogen-bond donors (Lipinski definition) is 0. The van der Waals surface area contributed by atoms with Crippen molar-refractivity contribution in [1.29, 1.82) is 0 Å². The first-order valence-electron chi connectivity index (χ1n) is 4.81. The molecule has 2 nitrogen and oxygen atoms in total. The van der Waals surface area contributed by atoms with Crippen LogP contribution in [-0.4, -0.2) is 25.2 Å². The minimum atomic E-state index is -1.88. The van der Waals surface area contributed by atoms with E-state index >= 15 is 0 Å². The molecule has 0 bridgehead atoms. The number of alkyl halides is 1. The zero-order chi connectivity index (χ0) is 10.5. The summed E-state index contributed by atoms with van der Waals surface area (Å²) < 4.78 is 12.9. The first-order chi connectivity index (χ1) is 5.89. The molecule has 0 aliphatic heterocycles. The fraction of sp³-hybridized carbons (Fsp3) is 1.00. The molecule has 13 heavy (non-hydrogen) atoms. The van der Waals surface area contributed by atoms with Crippen molar-refractivity contribution in [2.75, 3.05) is 4.43 Å². The summed E-state index contributed by atoms with van der Waals surface area (Å²) in [5, 5.41) is 0. The monoisotopic (exact) mass is 316 g/mol. The molecule has 0 aliphatic carbocycles. The van der Waals surface area contributed by atoms with Gasteiger partial charge in [0.05, 0.1) is 0 Å². The zero-order valence-corrected chi connectivity index (χ0v) is 12.4. The van der Waals surface area contributed by atoms with Crippen molar-refractivity contribution in [1.82, 2.24) is 0 Å². The van der Waals surface area contributed by atoms with E-state index in [1.165, 1.54) is 0 Å². The van der Waals surface area contributed by atoms with Gasteiger partial charge in [-0.15, -0.1) is 0 Å². The summed E-state index contributed by atoms with van der Waals surface area (Å²) in [6.45, 7) is 10.4. The molecule has 0 amide bonds. The lowest BCUT2D eigenvalue weighted by molar-refractivity contribution is 0.111. The van der Waals surface area contributed by atoms with Gasteiger partial charge in [0.2, 0.25) is 0 Å². The molecule has 0 unspecified atom stereocenters. The molecule has 4 heteroatoms. The lowest BCUT2D eigenvalue weighted by Gasteiger charge is -2.30. The van der Waals surface area contributed by atoms with Crippen molar-refractivity contribution < 1.29 is 8.85 Å². The Morgan fingerprint density at radius 3 is 1.69 bits per heavy atom. The highest BCUT2D eigenvalue weighted by Gasteiger charge is 2.32. The third-order valence-electron chi connectivity index (χ3n) is 1.52. The Bertz CT molecular complexity index is 130. The first-order valence-corrected chi connectivity index (χ1v) is 8.86. The predicted molar refractivity (Wildman–Crippen MR) is 67.8 cm³/mol. The predicted octanol–water partition coefficient (Wildman–Crippen LogP) is 3.34. The minimum Gasteiger partial charge on any atom is -0.392 e. The highest BCUT2D eigenvalue weighted by molar-refractivity contribution is 14.1. The Morgan fingerprint density at radius 2 is 1.46 bits per heavy atom. The number of halogens is 1. The Hall–Kier alpha value is 0.867. The van der Waals surface area contributed by atoms with Crippen molar-refractivity contribution in [3.8, 4) is 0 Å². The van der Waals surface area contributed by atoms with E-state index in [1.54, 1.807) is 0 Å². The van der Waals surface area contributed by atoms with E-state index in [4.69, 9.17) is 8.85 Å². The van der Waals surface area contributed by atoms with E-state index < -0.39 is 8.56 Å². The van der Waals surface area contributed by atoms with Crippen molar-refractivity contribution in [3.63, 3.8) is 0 Å². The molecule has 0 aliphatic rings. The summed E-state index contributed by atoms with van der Waals surface area (Å²) in [7, 11) is -1.88. The summed E-state index contributed by atoms with van der Waals surface area (Å²) in [6.07, 6.45) is 0.553. The van der Waals surface area contributed by atoms with Crippen LogP contribution in [0, 0.1) is 0 Å². The van der Waals surface area contributed by atoms with Gasteiger partial charge in [-0.05, 0) is 40.3 Å². The summed E-state index contributed by atoms with van der Waals surface area (Å²) >= 11 is 2.38. The normalized spacial score (nSPS) is 12.9. The van der Waals surface area contributed by atoms with Crippen LogP contribution in [0.15, 0.2) is 0 Å². The van der Waals surface area contributed by atoms with Crippen LogP contribution in [0.25, 0.3) is 0 Å². The summed E-state index contributed by atoms with van der Waals surface area (Å²) in [6, 6.07) is 1.07. The smallest absolute Gasteiger partial charge is 0.336 e. The molecule has 0 spiro atoms. The molecule has 0 aromatic rings. The zero-order valence-electron chi connectivity index (χ0n) is 9.26. The van der Waals surface area contributed by atoms with E-state index in [2.05, 4.69) is 56.8 Å². The average molecular weight is 316 g/mol. The van der Waals surface area contributed by atoms with Crippen LogP contribution in [0.1, 0.15) is 27.7 Å². The SMILES string of the molecule is CC(C)O[Si](C)(CCI)OC(C)C. The lowest BCUT2D eigenvalue weighted by atomic mass is 10.5. The second-order valence-corrected chi connectivity index (χ2v) is 8.22. The second kappa shape index (κ2) is 6.37. The van der Waals surface area contributed by atoms with Crippen LogP contribution < -0.4 is 0 Å². The molecule has 0 fully saturated rings. The molecule has 0 saturated carbocycles. The molecule has 80 valence electrons. The van der Waals surface area contributed by atoms with Crippen LogP contribution in [0.3, 0.4) is 0 Å². The lowest BCUT2D eigenvalue weighted by Crippen LogP contribution is -2.43. The molecule has 0 N–H and O–H groups in total. The van der Waals surface area contributed by atoms with Gasteiger partial charge in [-0.25, -0.2) is 0 Å². The minimum absolute atomic E-state index is 0.276. The average Bonchev–Trinajstić information content (AvgIpc) is 1.81. The molecule has 0 saturated heterocycles. The van der Waals surface area contributed by atoms with Crippen molar-refractivity contribution >= 4 is 31.2 Å². The molecule has 0 heterocycles. The van der Waals surface area contributed by atoms with Gasteiger partial charge >= 0.3 is 8.56 Å². The topological polar surface area (TPSA) is 18.5 Å². The van der Waals surface area contributed by atoms with E-state index in [0.717, 1.165) is 10.5 Å². The number of hydrogen-bond acceptors (Lipinski definition) is 2. The Labute approximate surface area is 96.8 Å². The van der Waals surface area contributed by atoms with Crippen LogP contribution in [0.2, 0.25) is 12.6 Å². The fourth-order valence-electron chi connectivity index (χ4n) is 1.31. The Balaban J connectivity index is 4.15. The second-order valence-electron chi connectivity index (χ2n) is 3.91. The molecule has 0 radical (unpaired) electrons. The molecular formula is C9H21IO2Si. The van der Waals surface area contributed by atoms with Gasteiger partial charge in [-0.1, -0.05) is 22.6 Å². The standard InChI is InChI=1S/C9H21IO2Si/c1-8(2)11-13(5,7-6-10)12-9(3)4/h8-9H,6-7H2,1-5H3. The Morgan fingerprint density at radius 1 is 1.08 bits per heavy atom. The third-order valence-corrected chi connectivity index (χ3v) is 6.17. The van der Waals surface area contributed by atoms with Crippen molar-refractivity contribution in [3.05, 3.63) is 0 Å². The molecule has 0 rings (SSSR count). The van der Waals surface area contributed by atoms with Gasteiger partial charge in [0.1, 0.15) is 0 Å². The largest absolute Gasteiger partial charge is 0.392 e. The van der Waals surface area contributed by atoms with Gasteiger partial charge in [0.25, 0.3) is 0 Å². The summed E-state index contributed by atoms with van der Waals surface area (Å²) in [5.74, 6) is 0. The Kier molecular flexibility index (Phi) is 6.79. The maximum atomic E-state index is 5.90. The van der Waals surface area contributed by atoms with Crippen LogP contribution in [-0.2, 0) is 8.85 Å². The number of rotatable bonds is 6. The van der Waals surface area contributed by atoms with E-state index in [1.807, 2.05) is 0 Å². The highest BCUT2D eigenvalue weighted by atomic mass is 127. The van der Waals surface area contributed by atoms with Gasteiger partial charge in [-0.3, -0.25) is 0 Å². The van der Waals surface area contributed by atoms with Gasteiger partial charge < -0.3 is 8.85 Å². The molecule has 0 aromatic heterocycles. The maximum Gasteiger partial charge on any atom is 0.336 e. The van der Waals surface area contributed by atoms with Crippen molar-refractivity contribution in [2.45, 2.75) is 52.5 Å². The maximum absolute atomic E-state index is 5.90.